The Morgan fingerprint density at radius 2 is 1.64 bits per heavy atom. The Morgan fingerprint density at radius 1 is 0.879 bits per heavy atom. The summed E-state index contributed by atoms with van der Waals surface area (Å²) < 4.78 is 16.3. The molecule has 170 valence electrons. The van der Waals surface area contributed by atoms with Crippen LogP contribution in [-0.2, 0) is 4.79 Å². The van der Waals surface area contributed by atoms with E-state index in [1.165, 1.54) is 0 Å². The van der Waals surface area contributed by atoms with Crippen LogP contribution < -0.4 is 19.1 Å². The molecular weight excluding hydrogens is 420 g/mol. The molecule has 1 aromatic heterocycles. The number of benzene rings is 2. The first-order chi connectivity index (χ1) is 16.2. The van der Waals surface area contributed by atoms with E-state index >= 15 is 0 Å². The lowest BCUT2D eigenvalue weighted by Gasteiger charge is -2.34. The van der Waals surface area contributed by atoms with Crippen LogP contribution in [-0.4, -0.2) is 61.4 Å². The van der Waals surface area contributed by atoms with Crippen LogP contribution >= 0.6 is 0 Å². The van der Waals surface area contributed by atoms with Crippen LogP contribution in [0.2, 0.25) is 0 Å². The molecule has 0 bridgehead atoms. The number of ether oxygens (including phenoxy) is 3. The zero-order valence-electron chi connectivity index (χ0n) is 18.7. The minimum absolute atomic E-state index is 0.0258. The fourth-order valence-corrected chi connectivity index (χ4v) is 3.53. The van der Waals surface area contributed by atoms with E-state index in [4.69, 9.17) is 14.2 Å². The molecule has 0 N–H and O–H groups in total. The maximum atomic E-state index is 12.6. The normalized spacial score (nSPS) is 13.8. The van der Waals surface area contributed by atoms with Crippen molar-refractivity contribution in [3.63, 3.8) is 0 Å². The Hall–Kier alpha value is -4.07. The second-order valence-electron chi connectivity index (χ2n) is 7.40. The minimum Gasteiger partial charge on any atom is -0.493 e. The standard InChI is InChI=1S/C25H26N4O4/c1-31-21-10-8-19(18-22(21)32-2)9-13-25(30)29-16-14-28(15-17-29)23-11-12-24(27-26-23)33-20-6-4-3-5-7-20/h3-13,18H,14-17H2,1-2H3/b13-9+. The van der Waals surface area contributed by atoms with E-state index in [-0.39, 0.29) is 5.91 Å². The number of anilines is 1. The SMILES string of the molecule is COc1ccc(/C=C/C(=O)N2CCN(c3ccc(Oc4ccccc4)nn3)CC2)cc1OC. The van der Waals surface area contributed by atoms with Crippen LogP contribution in [0.3, 0.4) is 0 Å². The quantitative estimate of drug-likeness (QED) is 0.513. The Kier molecular flexibility index (Phi) is 7.04. The van der Waals surface area contributed by atoms with Gasteiger partial charge in [-0.3, -0.25) is 4.79 Å². The molecule has 0 spiro atoms. The van der Waals surface area contributed by atoms with Crippen molar-refractivity contribution in [2.24, 2.45) is 0 Å². The van der Waals surface area contributed by atoms with E-state index < -0.39 is 0 Å². The van der Waals surface area contributed by atoms with Gasteiger partial charge < -0.3 is 24.0 Å². The van der Waals surface area contributed by atoms with Crippen LogP contribution in [0.5, 0.6) is 23.1 Å². The molecule has 1 aliphatic heterocycles. The van der Waals surface area contributed by atoms with Gasteiger partial charge in [0.05, 0.1) is 14.2 Å². The van der Waals surface area contributed by atoms with Gasteiger partial charge in [0.25, 0.3) is 0 Å². The first-order valence-corrected chi connectivity index (χ1v) is 10.7. The highest BCUT2D eigenvalue weighted by Gasteiger charge is 2.21. The summed E-state index contributed by atoms with van der Waals surface area (Å²) >= 11 is 0. The van der Waals surface area contributed by atoms with Crippen molar-refractivity contribution < 1.29 is 19.0 Å². The smallest absolute Gasteiger partial charge is 0.246 e. The van der Waals surface area contributed by atoms with Crippen molar-refractivity contribution >= 4 is 17.8 Å². The van der Waals surface area contributed by atoms with Crippen LogP contribution in [0, 0.1) is 0 Å². The molecular formula is C25H26N4O4. The van der Waals surface area contributed by atoms with Gasteiger partial charge >= 0.3 is 0 Å². The number of aromatic nitrogens is 2. The molecule has 4 rings (SSSR count). The molecule has 8 heteroatoms. The third-order valence-electron chi connectivity index (χ3n) is 5.33. The number of carbonyl (C=O) groups is 1. The molecule has 0 unspecified atom stereocenters. The van der Waals surface area contributed by atoms with Crippen molar-refractivity contribution in [3.8, 4) is 23.1 Å². The number of rotatable bonds is 7. The van der Waals surface area contributed by atoms with Gasteiger partial charge in [0.15, 0.2) is 17.3 Å². The summed E-state index contributed by atoms with van der Waals surface area (Å²) in [7, 11) is 3.18. The lowest BCUT2D eigenvalue weighted by molar-refractivity contribution is -0.126. The van der Waals surface area contributed by atoms with Gasteiger partial charge in [-0.1, -0.05) is 24.3 Å². The van der Waals surface area contributed by atoms with Crippen LogP contribution in [0.1, 0.15) is 5.56 Å². The number of amides is 1. The van der Waals surface area contributed by atoms with E-state index in [0.29, 0.717) is 49.3 Å². The highest BCUT2D eigenvalue weighted by molar-refractivity contribution is 5.92. The Bertz CT molecular complexity index is 1100. The third-order valence-corrected chi connectivity index (χ3v) is 5.33. The molecule has 8 nitrogen and oxygen atoms in total. The van der Waals surface area contributed by atoms with Gasteiger partial charge in [-0.05, 0) is 42.0 Å². The molecule has 33 heavy (non-hydrogen) atoms. The van der Waals surface area contributed by atoms with Gasteiger partial charge in [-0.25, -0.2) is 0 Å². The molecule has 0 radical (unpaired) electrons. The fourth-order valence-electron chi connectivity index (χ4n) is 3.53. The second kappa shape index (κ2) is 10.5. The number of carbonyl (C=O) groups excluding carboxylic acids is 1. The molecule has 3 aromatic rings. The number of nitrogens with zero attached hydrogens (tertiary/aromatic N) is 4. The summed E-state index contributed by atoms with van der Waals surface area (Å²) in [6.07, 6.45) is 3.38. The van der Waals surface area contributed by atoms with Crippen molar-refractivity contribution in [3.05, 3.63) is 72.3 Å². The van der Waals surface area contributed by atoms with Crippen molar-refractivity contribution in [2.75, 3.05) is 45.3 Å². The first-order valence-electron chi connectivity index (χ1n) is 10.7. The van der Waals surface area contributed by atoms with Gasteiger partial charge in [0.2, 0.25) is 11.8 Å². The number of hydrogen-bond acceptors (Lipinski definition) is 7. The molecule has 2 heterocycles. The van der Waals surface area contributed by atoms with Crippen LogP contribution in [0.4, 0.5) is 5.82 Å². The number of methoxy groups -OCH3 is 2. The average Bonchev–Trinajstić information content (AvgIpc) is 2.88. The molecule has 0 saturated carbocycles. The number of hydrogen-bond donors (Lipinski definition) is 0. The van der Waals surface area contributed by atoms with Crippen molar-refractivity contribution in [1.29, 1.82) is 0 Å². The van der Waals surface area contributed by atoms with E-state index in [1.807, 2.05) is 59.5 Å². The summed E-state index contributed by atoms with van der Waals surface area (Å²) in [5, 5.41) is 8.45. The monoisotopic (exact) mass is 446 g/mol. The van der Waals surface area contributed by atoms with Crippen molar-refractivity contribution in [2.45, 2.75) is 0 Å². The third kappa shape index (κ3) is 5.60. The second-order valence-corrected chi connectivity index (χ2v) is 7.40. The van der Waals surface area contributed by atoms with E-state index in [9.17, 15) is 4.79 Å². The lowest BCUT2D eigenvalue weighted by atomic mass is 10.2. The number of piperazine rings is 1. The largest absolute Gasteiger partial charge is 0.493 e. The summed E-state index contributed by atoms with van der Waals surface area (Å²) in [6, 6.07) is 18.7. The van der Waals surface area contributed by atoms with Gasteiger partial charge in [0, 0.05) is 38.3 Å². The summed E-state index contributed by atoms with van der Waals surface area (Å²) in [6.45, 7) is 2.59. The molecule has 2 aromatic carbocycles. The maximum Gasteiger partial charge on any atom is 0.246 e. The zero-order chi connectivity index (χ0) is 23.0. The molecule has 1 amide bonds. The van der Waals surface area contributed by atoms with E-state index in [2.05, 4.69) is 15.1 Å². The molecule has 1 aliphatic rings. The summed E-state index contributed by atoms with van der Waals surface area (Å²) in [5.41, 5.74) is 0.868. The predicted molar refractivity (Wildman–Crippen MR) is 126 cm³/mol. The average molecular weight is 447 g/mol. The topological polar surface area (TPSA) is 77.0 Å². The highest BCUT2D eigenvalue weighted by Crippen LogP contribution is 2.28. The minimum atomic E-state index is -0.0258. The van der Waals surface area contributed by atoms with E-state index in [0.717, 1.165) is 11.4 Å². The fraction of sp³-hybridized carbons (Fsp3) is 0.240. The van der Waals surface area contributed by atoms with Gasteiger partial charge in [0.1, 0.15) is 5.75 Å². The molecule has 0 aliphatic carbocycles. The molecule has 1 fully saturated rings. The predicted octanol–water partition coefficient (Wildman–Crippen LogP) is 3.65. The number of para-hydroxylation sites is 1. The maximum absolute atomic E-state index is 12.6. The highest BCUT2D eigenvalue weighted by atomic mass is 16.5. The van der Waals surface area contributed by atoms with Gasteiger partial charge in [-0.15, -0.1) is 10.2 Å². The Balaban J connectivity index is 1.30. The van der Waals surface area contributed by atoms with E-state index in [1.54, 1.807) is 32.4 Å². The molecule has 0 atom stereocenters. The van der Waals surface area contributed by atoms with Gasteiger partial charge in [-0.2, -0.15) is 0 Å². The molecule has 1 saturated heterocycles. The lowest BCUT2D eigenvalue weighted by Crippen LogP contribution is -2.48. The first kappa shape index (κ1) is 22.1. The van der Waals surface area contributed by atoms with Crippen LogP contribution in [0.15, 0.2) is 66.7 Å². The van der Waals surface area contributed by atoms with Crippen molar-refractivity contribution in [1.82, 2.24) is 15.1 Å². The van der Waals surface area contributed by atoms with Crippen LogP contribution in [0.25, 0.3) is 6.08 Å². The Labute approximate surface area is 193 Å². The summed E-state index contributed by atoms with van der Waals surface area (Å²) in [5.74, 6) is 3.18. The zero-order valence-corrected chi connectivity index (χ0v) is 18.7. The Morgan fingerprint density at radius 3 is 2.30 bits per heavy atom. The summed E-state index contributed by atoms with van der Waals surface area (Å²) in [4.78, 5) is 16.6.